The summed E-state index contributed by atoms with van der Waals surface area (Å²) in [5.41, 5.74) is 3.68. The lowest BCUT2D eigenvalue weighted by Crippen LogP contribution is -2.13. The average molecular weight is 232 g/mol. The molecule has 1 aliphatic rings. The second-order valence-corrected chi connectivity index (χ2v) is 5.63. The van der Waals surface area contributed by atoms with Gasteiger partial charge in [0.15, 0.2) is 0 Å². The van der Waals surface area contributed by atoms with Gasteiger partial charge in [-0.25, -0.2) is 0 Å². The zero-order valence-corrected chi connectivity index (χ0v) is 11.3. The Balaban J connectivity index is 2.04. The summed E-state index contributed by atoms with van der Waals surface area (Å²) in [6.45, 7) is 7.64. The predicted molar refractivity (Wildman–Crippen MR) is 73.5 cm³/mol. The van der Waals surface area contributed by atoms with Crippen molar-refractivity contribution in [3.63, 3.8) is 0 Å². The van der Waals surface area contributed by atoms with Crippen LogP contribution in [0.2, 0.25) is 0 Å². The molecule has 94 valence electrons. The van der Waals surface area contributed by atoms with Gasteiger partial charge in [0.05, 0.1) is 11.4 Å². The molecule has 0 radical (unpaired) electrons. The third-order valence-electron chi connectivity index (χ3n) is 3.66. The van der Waals surface area contributed by atoms with E-state index < -0.39 is 0 Å². The van der Waals surface area contributed by atoms with Crippen LogP contribution in [0.15, 0.2) is 12.3 Å². The number of pyridine rings is 1. The third kappa shape index (κ3) is 3.21. The summed E-state index contributed by atoms with van der Waals surface area (Å²) < 4.78 is 0. The summed E-state index contributed by atoms with van der Waals surface area (Å²) in [5, 5.41) is 3.61. The summed E-state index contributed by atoms with van der Waals surface area (Å²) in [5.74, 6) is 1.36. The third-order valence-corrected chi connectivity index (χ3v) is 3.66. The van der Waals surface area contributed by atoms with Crippen molar-refractivity contribution in [3.8, 4) is 0 Å². The number of hydrogen-bond donors (Lipinski definition) is 1. The van der Waals surface area contributed by atoms with E-state index in [1.807, 2.05) is 6.20 Å². The Morgan fingerprint density at radius 1 is 1.35 bits per heavy atom. The van der Waals surface area contributed by atoms with Gasteiger partial charge in [-0.15, -0.1) is 0 Å². The normalized spacial score (nSPS) is 16.7. The summed E-state index contributed by atoms with van der Waals surface area (Å²) in [7, 11) is 0. The molecule has 0 aromatic carbocycles. The Kier molecular flexibility index (Phi) is 4.03. The standard InChI is InChI=1S/C15H24N2/c1-11(2)15-14(8-12(3)9-17-15)16-10-13-6-4-5-7-13/h8-9,11,13,16H,4-7,10H2,1-3H3. The van der Waals surface area contributed by atoms with Crippen LogP contribution < -0.4 is 5.32 Å². The van der Waals surface area contributed by atoms with Gasteiger partial charge in [-0.3, -0.25) is 4.98 Å². The fourth-order valence-electron chi connectivity index (χ4n) is 2.65. The zero-order valence-electron chi connectivity index (χ0n) is 11.3. The summed E-state index contributed by atoms with van der Waals surface area (Å²) >= 11 is 0. The highest BCUT2D eigenvalue weighted by Crippen LogP contribution is 2.27. The minimum absolute atomic E-state index is 0.488. The first kappa shape index (κ1) is 12.4. The SMILES string of the molecule is Cc1cnc(C(C)C)c(NCC2CCCC2)c1. The van der Waals surface area contributed by atoms with Crippen LogP contribution in [0.25, 0.3) is 0 Å². The van der Waals surface area contributed by atoms with Crippen LogP contribution in [0.1, 0.15) is 56.7 Å². The predicted octanol–water partition coefficient (Wildman–Crippen LogP) is 4.12. The molecular formula is C15H24N2. The molecule has 0 saturated heterocycles. The Hall–Kier alpha value is -1.05. The van der Waals surface area contributed by atoms with Gasteiger partial charge in [-0.1, -0.05) is 26.7 Å². The molecule has 0 amide bonds. The molecule has 0 unspecified atom stereocenters. The van der Waals surface area contributed by atoms with Gasteiger partial charge in [0, 0.05) is 12.7 Å². The molecule has 0 spiro atoms. The minimum Gasteiger partial charge on any atom is -0.383 e. The van der Waals surface area contributed by atoms with Crippen LogP contribution in [-0.4, -0.2) is 11.5 Å². The van der Waals surface area contributed by atoms with E-state index in [1.54, 1.807) is 0 Å². The molecule has 0 aliphatic heterocycles. The number of rotatable bonds is 4. The fraction of sp³-hybridized carbons (Fsp3) is 0.667. The van der Waals surface area contributed by atoms with E-state index in [0.717, 1.165) is 12.5 Å². The van der Waals surface area contributed by atoms with Crippen LogP contribution >= 0.6 is 0 Å². The maximum absolute atomic E-state index is 4.56. The van der Waals surface area contributed by atoms with Gasteiger partial charge in [-0.05, 0) is 43.2 Å². The Labute approximate surface area is 105 Å². The molecular weight excluding hydrogens is 208 g/mol. The van der Waals surface area contributed by atoms with Gasteiger partial charge in [-0.2, -0.15) is 0 Å². The summed E-state index contributed by atoms with van der Waals surface area (Å²) in [6, 6.07) is 2.23. The van der Waals surface area contributed by atoms with Gasteiger partial charge in [0.2, 0.25) is 0 Å². The lowest BCUT2D eigenvalue weighted by atomic mass is 10.1. The maximum Gasteiger partial charge on any atom is 0.0660 e. The van der Waals surface area contributed by atoms with Crippen LogP contribution in [0.5, 0.6) is 0 Å². The quantitative estimate of drug-likeness (QED) is 0.844. The van der Waals surface area contributed by atoms with Gasteiger partial charge >= 0.3 is 0 Å². The van der Waals surface area contributed by atoms with Crippen LogP contribution in [0.4, 0.5) is 5.69 Å². The zero-order chi connectivity index (χ0) is 12.3. The van der Waals surface area contributed by atoms with Gasteiger partial charge in [0.25, 0.3) is 0 Å². The van der Waals surface area contributed by atoms with Crippen molar-refractivity contribution in [2.24, 2.45) is 5.92 Å². The van der Waals surface area contributed by atoms with Gasteiger partial charge < -0.3 is 5.32 Å². The first-order valence-electron chi connectivity index (χ1n) is 6.87. The number of aromatic nitrogens is 1. The highest BCUT2D eigenvalue weighted by Gasteiger charge is 2.15. The number of nitrogens with one attached hydrogen (secondary N) is 1. The Morgan fingerprint density at radius 3 is 2.71 bits per heavy atom. The van der Waals surface area contributed by atoms with E-state index >= 15 is 0 Å². The van der Waals surface area contributed by atoms with Crippen LogP contribution in [-0.2, 0) is 0 Å². The Morgan fingerprint density at radius 2 is 2.06 bits per heavy atom. The second-order valence-electron chi connectivity index (χ2n) is 5.63. The van der Waals surface area contributed by atoms with E-state index in [-0.39, 0.29) is 0 Å². The van der Waals surface area contributed by atoms with E-state index in [1.165, 1.54) is 42.6 Å². The van der Waals surface area contributed by atoms with E-state index in [4.69, 9.17) is 0 Å². The van der Waals surface area contributed by atoms with E-state index in [0.29, 0.717) is 5.92 Å². The number of aryl methyl sites for hydroxylation is 1. The first-order chi connectivity index (χ1) is 8.16. The summed E-state index contributed by atoms with van der Waals surface area (Å²) in [4.78, 5) is 4.56. The molecule has 1 aromatic heterocycles. The first-order valence-corrected chi connectivity index (χ1v) is 6.87. The van der Waals surface area contributed by atoms with Gasteiger partial charge in [0.1, 0.15) is 0 Å². The van der Waals surface area contributed by atoms with Crippen molar-refractivity contribution in [3.05, 3.63) is 23.5 Å². The van der Waals surface area contributed by atoms with E-state index in [2.05, 4.69) is 37.1 Å². The molecule has 2 heteroatoms. The minimum atomic E-state index is 0.488. The molecule has 1 aliphatic carbocycles. The molecule has 1 aromatic rings. The molecule has 1 saturated carbocycles. The summed E-state index contributed by atoms with van der Waals surface area (Å²) in [6.07, 6.45) is 7.58. The lowest BCUT2D eigenvalue weighted by molar-refractivity contribution is 0.579. The molecule has 1 heterocycles. The molecule has 2 nitrogen and oxygen atoms in total. The molecule has 1 fully saturated rings. The lowest BCUT2D eigenvalue weighted by Gasteiger charge is -2.17. The Bertz CT molecular complexity index is 365. The number of hydrogen-bond acceptors (Lipinski definition) is 2. The molecule has 1 N–H and O–H groups in total. The molecule has 0 atom stereocenters. The van der Waals surface area contributed by atoms with Crippen molar-refractivity contribution in [2.75, 3.05) is 11.9 Å². The van der Waals surface area contributed by atoms with Crippen molar-refractivity contribution in [2.45, 2.75) is 52.4 Å². The molecule has 2 rings (SSSR count). The largest absolute Gasteiger partial charge is 0.383 e. The number of anilines is 1. The second kappa shape index (κ2) is 5.52. The van der Waals surface area contributed by atoms with Crippen LogP contribution in [0.3, 0.4) is 0 Å². The maximum atomic E-state index is 4.56. The fourth-order valence-corrected chi connectivity index (χ4v) is 2.65. The monoisotopic (exact) mass is 232 g/mol. The van der Waals surface area contributed by atoms with Crippen molar-refractivity contribution in [1.29, 1.82) is 0 Å². The molecule has 0 bridgehead atoms. The van der Waals surface area contributed by atoms with Crippen LogP contribution in [0, 0.1) is 12.8 Å². The van der Waals surface area contributed by atoms with Crippen molar-refractivity contribution < 1.29 is 0 Å². The average Bonchev–Trinajstić information content (AvgIpc) is 2.78. The smallest absolute Gasteiger partial charge is 0.0660 e. The highest BCUT2D eigenvalue weighted by molar-refractivity contribution is 5.50. The van der Waals surface area contributed by atoms with Crippen molar-refractivity contribution in [1.82, 2.24) is 4.98 Å². The van der Waals surface area contributed by atoms with Crippen molar-refractivity contribution >= 4 is 5.69 Å². The highest BCUT2D eigenvalue weighted by atomic mass is 14.9. The molecule has 17 heavy (non-hydrogen) atoms. The topological polar surface area (TPSA) is 24.9 Å². The number of nitrogens with zero attached hydrogens (tertiary/aromatic N) is 1. The van der Waals surface area contributed by atoms with E-state index in [9.17, 15) is 0 Å².